The van der Waals surface area contributed by atoms with Crippen molar-refractivity contribution in [1.82, 2.24) is 0 Å². The lowest BCUT2D eigenvalue weighted by Crippen LogP contribution is -2.54. The van der Waals surface area contributed by atoms with Crippen molar-refractivity contribution in [1.29, 1.82) is 0 Å². The lowest BCUT2D eigenvalue weighted by Gasteiger charge is -2.56. The number of hydrogen-bond donors (Lipinski definition) is 0. The predicted molar refractivity (Wildman–Crippen MR) is 76.0 cm³/mol. The Hall–Kier alpha value is -0.530. The van der Waals surface area contributed by atoms with E-state index in [-0.39, 0.29) is 17.0 Å². The fraction of sp³-hybridized carbons (Fsp3) is 0.944. The Balaban J connectivity index is 1.37. The quantitative estimate of drug-likeness (QED) is 0.709. The smallest absolute Gasteiger partial charge is 0.312 e. The summed E-state index contributed by atoms with van der Waals surface area (Å²) in [6.45, 7) is 0. The average molecular weight is 274 g/mol. The molecule has 0 aromatic heterocycles. The maximum Gasteiger partial charge on any atom is 0.312 e. The molecule has 2 nitrogen and oxygen atoms in total. The molecule has 0 radical (unpaired) electrons. The topological polar surface area (TPSA) is 26.3 Å². The van der Waals surface area contributed by atoms with Crippen LogP contribution in [0.4, 0.5) is 0 Å². The first-order chi connectivity index (χ1) is 9.65. The van der Waals surface area contributed by atoms with Crippen LogP contribution >= 0.6 is 0 Å². The molecule has 0 heterocycles. The first-order valence-corrected chi connectivity index (χ1v) is 8.88. The number of esters is 1. The number of carbonyl (C=O) groups excluding carboxylic acids is 1. The second-order valence-electron chi connectivity index (χ2n) is 8.92. The summed E-state index contributed by atoms with van der Waals surface area (Å²) >= 11 is 0. The van der Waals surface area contributed by atoms with Gasteiger partial charge in [-0.1, -0.05) is 0 Å². The number of hydrogen-bond acceptors (Lipinski definition) is 2. The van der Waals surface area contributed by atoms with Crippen LogP contribution in [0.1, 0.15) is 70.6 Å². The van der Waals surface area contributed by atoms with Gasteiger partial charge in [-0.25, -0.2) is 0 Å². The summed E-state index contributed by atoms with van der Waals surface area (Å²) in [6, 6.07) is 0. The van der Waals surface area contributed by atoms with Crippen LogP contribution in [-0.2, 0) is 9.53 Å². The minimum absolute atomic E-state index is 0.0265. The molecule has 6 aliphatic carbocycles. The lowest BCUT2D eigenvalue weighted by atomic mass is 9.54. The van der Waals surface area contributed by atoms with E-state index in [1.807, 2.05) is 0 Å². The van der Waals surface area contributed by atoms with Crippen molar-refractivity contribution in [2.75, 3.05) is 0 Å². The molecule has 0 aromatic rings. The molecule has 0 saturated heterocycles. The first-order valence-electron chi connectivity index (χ1n) is 8.88. The van der Waals surface area contributed by atoms with Crippen molar-refractivity contribution in [3.05, 3.63) is 0 Å². The summed E-state index contributed by atoms with van der Waals surface area (Å²) < 4.78 is 6.32. The molecule has 6 rings (SSSR count). The fourth-order valence-electron chi connectivity index (χ4n) is 6.94. The van der Waals surface area contributed by atoms with E-state index in [0.29, 0.717) is 0 Å². The van der Waals surface area contributed by atoms with Crippen molar-refractivity contribution in [3.63, 3.8) is 0 Å². The van der Waals surface area contributed by atoms with Gasteiger partial charge in [-0.3, -0.25) is 4.79 Å². The van der Waals surface area contributed by atoms with Crippen LogP contribution in [0.15, 0.2) is 0 Å². The highest BCUT2D eigenvalue weighted by molar-refractivity contribution is 5.78. The third-order valence-electron chi connectivity index (χ3n) is 7.47. The van der Waals surface area contributed by atoms with Gasteiger partial charge in [-0.05, 0) is 94.3 Å². The highest BCUT2D eigenvalue weighted by Gasteiger charge is 2.57. The average Bonchev–Trinajstić information content (AvgIpc) is 2.98. The Kier molecular flexibility index (Phi) is 2.30. The van der Waals surface area contributed by atoms with E-state index in [2.05, 4.69) is 0 Å². The standard InChI is InChI=1S/C18H26O2/c19-16(17-3-1-12(8-17)2-4-17)20-18-9-13-5-14(10-18)7-15(6-13)11-18/h12-15H,1-11H2. The Bertz CT molecular complexity index is 409. The van der Waals surface area contributed by atoms with Crippen molar-refractivity contribution in [2.24, 2.45) is 29.1 Å². The molecule has 0 unspecified atom stereocenters. The van der Waals surface area contributed by atoms with Crippen LogP contribution < -0.4 is 0 Å². The molecular weight excluding hydrogens is 248 g/mol. The van der Waals surface area contributed by atoms with Crippen molar-refractivity contribution in [3.8, 4) is 0 Å². The summed E-state index contributed by atoms with van der Waals surface area (Å²) in [7, 11) is 0. The summed E-state index contributed by atoms with van der Waals surface area (Å²) in [5.74, 6) is 3.64. The number of rotatable bonds is 2. The Morgan fingerprint density at radius 3 is 1.80 bits per heavy atom. The van der Waals surface area contributed by atoms with Crippen LogP contribution in [0.2, 0.25) is 0 Å². The SMILES string of the molecule is O=C(OC12CC3CC(CC(C3)C1)C2)C12CCC(CC1)C2. The van der Waals surface area contributed by atoms with Gasteiger partial charge in [0.15, 0.2) is 0 Å². The van der Waals surface area contributed by atoms with Crippen LogP contribution in [0.5, 0.6) is 0 Å². The monoisotopic (exact) mass is 274 g/mol. The molecule has 20 heavy (non-hydrogen) atoms. The van der Waals surface area contributed by atoms with E-state index in [1.54, 1.807) is 0 Å². The summed E-state index contributed by atoms with van der Waals surface area (Å²) in [6.07, 6.45) is 13.7. The maximum absolute atomic E-state index is 12.9. The molecular formula is C18H26O2. The third-order valence-corrected chi connectivity index (χ3v) is 7.47. The largest absolute Gasteiger partial charge is 0.459 e. The number of fused-ring (bicyclic) bond motifs is 2. The maximum atomic E-state index is 12.9. The second kappa shape index (κ2) is 3.81. The van der Waals surface area contributed by atoms with E-state index in [9.17, 15) is 4.79 Å². The van der Waals surface area contributed by atoms with Gasteiger partial charge in [0.1, 0.15) is 5.60 Å². The highest BCUT2D eigenvalue weighted by Crippen LogP contribution is 2.59. The Morgan fingerprint density at radius 1 is 0.800 bits per heavy atom. The molecule has 6 bridgehead atoms. The van der Waals surface area contributed by atoms with E-state index < -0.39 is 0 Å². The molecule has 110 valence electrons. The number of ether oxygens (including phenoxy) is 1. The molecule has 0 N–H and O–H groups in total. The third kappa shape index (κ3) is 1.60. The van der Waals surface area contributed by atoms with Gasteiger partial charge in [-0.2, -0.15) is 0 Å². The molecule has 6 fully saturated rings. The van der Waals surface area contributed by atoms with Gasteiger partial charge in [-0.15, -0.1) is 0 Å². The van der Waals surface area contributed by atoms with Crippen LogP contribution in [0, 0.1) is 29.1 Å². The van der Waals surface area contributed by atoms with Gasteiger partial charge < -0.3 is 4.74 Å². The first kappa shape index (κ1) is 12.1. The van der Waals surface area contributed by atoms with E-state index in [4.69, 9.17) is 4.74 Å². The minimum atomic E-state index is -0.0476. The predicted octanol–water partition coefficient (Wildman–Crippen LogP) is 4.08. The van der Waals surface area contributed by atoms with Crippen molar-refractivity contribution >= 4 is 5.97 Å². The van der Waals surface area contributed by atoms with Gasteiger partial charge in [0, 0.05) is 0 Å². The van der Waals surface area contributed by atoms with E-state index in [0.717, 1.165) is 42.9 Å². The van der Waals surface area contributed by atoms with Gasteiger partial charge in [0.25, 0.3) is 0 Å². The molecule has 0 aromatic carbocycles. The van der Waals surface area contributed by atoms with E-state index >= 15 is 0 Å². The molecule has 6 saturated carbocycles. The van der Waals surface area contributed by atoms with Crippen LogP contribution in [0.3, 0.4) is 0 Å². The normalized spacial score (nSPS) is 55.4. The summed E-state index contributed by atoms with van der Waals surface area (Å²) in [4.78, 5) is 12.9. The summed E-state index contributed by atoms with van der Waals surface area (Å²) in [5, 5.41) is 0. The summed E-state index contributed by atoms with van der Waals surface area (Å²) in [5.41, 5.74) is -0.0741. The van der Waals surface area contributed by atoms with Crippen LogP contribution in [0.25, 0.3) is 0 Å². The zero-order valence-corrected chi connectivity index (χ0v) is 12.4. The highest BCUT2D eigenvalue weighted by atomic mass is 16.6. The lowest BCUT2D eigenvalue weighted by molar-refractivity contribution is -0.197. The van der Waals surface area contributed by atoms with E-state index in [1.165, 1.54) is 51.4 Å². The molecule has 2 heteroatoms. The minimum Gasteiger partial charge on any atom is -0.459 e. The second-order valence-corrected chi connectivity index (χ2v) is 8.92. The van der Waals surface area contributed by atoms with Gasteiger partial charge in [0.2, 0.25) is 0 Å². The van der Waals surface area contributed by atoms with Crippen molar-refractivity contribution in [2.45, 2.75) is 76.2 Å². The molecule has 0 spiro atoms. The zero-order valence-electron chi connectivity index (χ0n) is 12.4. The number of carbonyl (C=O) groups is 1. The van der Waals surface area contributed by atoms with Gasteiger partial charge >= 0.3 is 5.97 Å². The molecule has 0 amide bonds. The molecule has 0 aliphatic heterocycles. The molecule has 0 atom stereocenters. The zero-order chi connectivity index (χ0) is 13.4. The fourth-order valence-corrected chi connectivity index (χ4v) is 6.94. The van der Waals surface area contributed by atoms with Gasteiger partial charge in [0.05, 0.1) is 5.41 Å². The van der Waals surface area contributed by atoms with Crippen LogP contribution in [-0.4, -0.2) is 11.6 Å². The van der Waals surface area contributed by atoms with Crippen molar-refractivity contribution < 1.29 is 9.53 Å². The molecule has 6 aliphatic rings. The Labute approximate surface area is 121 Å². The Morgan fingerprint density at radius 2 is 1.35 bits per heavy atom.